The maximum Gasteiger partial charge on any atom is 0.0595 e. The van der Waals surface area contributed by atoms with Gasteiger partial charge in [0.2, 0.25) is 0 Å². The molecule has 19 heavy (non-hydrogen) atoms. The Balaban J connectivity index is 2.01. The lowest BCUT2D eigenvalue weighted by Gasteiger charge is -2.07. The van der Waals surface area contributed by atoms with Crippen molar-refractivity contribution in [2.75, 3.05) is 5.73 Å². The van der Waals surface area contributed by atoms with Crippen molar-refractivity contribution in [3.8, 4) is 0 Å². The van der Waals surface area contributed by atoms with E-state index in [1.54, 1.807) is 0 Å². The number of halogens is 2. The third-order valence-electron chi connectivity index (χ3n) is 3.18. The highest BCUT2D eigenvalue weighted by atomic mass is 35.5. The molecule has 0 atom stereocenters. The summed E-state index contributed by atoms with van der Waals surface area (Å²) in [6.45, 7) is 0.740. The number of hydrogen-bond donors (Lipinski definition) is 1. The summed E-state index contributed by atoms with van der Waals surface area (Å²) in [6.07, 6.45) is 2.03. The highest BCUT2D eigenvalue weighted by Gasteiger charge is 2.05. The monoisotopic (exact) mass is 290 g/mol. The Morgan fingerprint density at radius 1 is 1.00 bits per heavy atom. The molecule has 2 nitrogen and oxygen atoms in total. The van der Waals surface area contributed by atoms with E-state index in [0.29, 0.717) is 10.0 Å². The fraction of sp³-hybridized carbons (Fsp3) is 0.0667. The quantitative estimate of drug-likeness (QED) is 0.688. The number of fused-ring (bicyclic) bond motifs is 1. The van der Waals surface area contributed by atoms with E-state index in [1.165, 1.54) is 0 Å². The highest BCUT2D eigenvalue weighted by molar-refractivity contribution is 6.42. The topological polar surface area (TPSA) is 30.9 Å². The van der Waals surface area contributed by atoms with E-state index in [1.807, 2.05) is 42.6 Å². The van der Waals surface area contributed by atoms with Crippen LogP contribution in [-0.4, -0.2) is 4.57 Å². The summed E-state index contributed by atoms with van der Waals surface area (Å²) in [5, 5.41) is 2.23. The molecule has 96 valence electrons. The molecule has 0 saturated carbocycles. The van der Waals surface area contributed by atoms with Crippen LogP contribution in [0.4, 0.5) is 5.69 Å². The lowest BCUT2D eigenvalue weighted by Crippen LogP contribution is -1.98. The van der Waals surface area contributed by atoms with E-state index in [2.05, 4.69) is 10.6 Å². The molecule has 4 heteroatoms. The van der Waals surface area contributed by atoms with Crippen LogP contribution in [0, 0.1) is 0 Å². The number of hydrogen-bond acceptors (Lipinski definition) is 1. The lowest BCUT2D eigenvalue weighted by atomic mass is 10.2. The first kappa shape index (κ1) is 12.4. The molecule has 1 aromatic heterocycles. The number of aromatic nitrogens is 1. The summed E-state index contributed by atoms with van der Waals surface area (Å²) in [5.74, 6) is 0. The number of nitrogen functional groups attached to an aromatic ring is 1. The summed E-state index contributed by atoms with van der Waals surface area (Å²) >= 11 is 12.0. The van der Waals surface area contributed by atoms with Gasteiger partial charge in [-0.05, 0) is 35.9 Å². The summed E-state index contributed by atoms with van der Waals surface area (Å²) in [7, 11) is 0. The molecule has 0 aliphatic carbocycles. The Morgan fingerprint density at radius 3 is 2.63 bits per heavy atom. The fourth-order valence-electron chi connectivity index (χ4n) is 2.22. The van der Waals surface area contributed by atoms with Gasteiger partial charge in [-0.15, -0.1) is 0 Å². The van der Waals surface area contributed by atoms with Crippen molar-refractivity contribution >= 4 is 39.8 Å². The Hall–Kier alpha value is -1.64. The largest absolute Gasteiger partial charge is 0.398 e. The predicted octanol–water partition coefficient (Wildman–Crippen LogP) is 4.58. The summed E-state index contributed by atoms with van der Waals surface area (Å²) in [5.41, 5.74) is 8.97. The molecule has 0 aliphatic rings. The standard InChI is InChI=1S/C15H12Cl2N2/c16-12-5-4-10(8-13(12)17)9-19-7-6-11-14(18)2-1-3-15(11)19/h1-8H,9,18H2. The molecule has 0 aliphatic heterocycles. The van der Waals surface area contributed by atoms with Crippen molar-refractivity contribution in [1.82, 2.24) is 4.57 Å². The zero-order chi connectivity index (χ0) is 13.4. The maximum absolute atomic E-state index is 6.04. The van der Waals surface area contributed by atoms with Crippen molar-refractivity contribution in [2.45, 2.75) is 6.54 Å². The van der Waals surface area contributed by atoms with Crippen LogP contribution in [0.25, 0.3) is 10.9 Å². The highest BCUT2D eigenvalue weighted by Crippen LogP contribution is 2.25. The van der Waals surface area contributed by atoms with Gasteiger partial charge in [-0.1, -0.05) is 35.3 Å². The van der Waals surface area contributed by atoms with Crippen LogP contribution in [0.5, 0.6) is 0 Å². The average molecular weight is 291 g/mol. The first-order valence-corrected chi connectivity index (χ1v) is 6.68. The van der Waals surface area contributed by atoms with E-state index in [9.17, 15) is 0 Å². The Kier molecular flexibility index (Phi) is 3.13. The van der Waals surface area contributed by atoms with Gasteiger partial charge < -0.3 is 10.3 Å². The molecule has 0 unspecified atom stereocenters. The van der Waals surface area contributed by atoms with Gasteiger partial charge in [-0.2, -0.15) is 0 Å². The summed E-state index contributed by atoms with van der Waals surface area (Å²) < 4.78 is 2.14. The molecule has 3 rings (SSSR count). The predicted molar refractivity (Wildman–Crippen MR) is 81.9 cm³/mol. The normalized spacial score (nSPS) is 11.1. The molecular formula is C15H12Cl2N2. The number of anilines is 1. The summed E-state index contributed by atoms with van der Waals surface area (Å²) in [4.78, 5) is 0. The number of benzene rings is 2. The van der Waals surface area contributed by atoms with Crippen LogP contribution in [0.3, 0.4) is 0 Å². The van der Waals surface area contributed by atoms with Gasteiger partial charge in [0.25, 0.3) is 0 Å². The van der Waals surface area contributed by atoms with Crippen LogP contribution < -0.4 is 5.73 Å². The Morgan fingerprint density at radius 2 is 1.84 bits per heavy atom. The third-order valence-corrected chi connectivity index (χ3v) is 3.92. The van der Waals surface area contributed by atoms with Gasteiger partial charge in [0.1, 0.15) is 0 Å². The molecule has 0 bridgehead atoms. The van der Waals surface area contributed by atoms with Crippen molar-refractivity contribution in [3.63, 3.8) is 0 Å². The van der Waals surface area contributed by atoms with E-state index in [-0.39, 0.29) is 0 Å². The van der Waals surface area contributed by atoms with Crippen LogP contribution >= 0.6 is 23.2 Å². The smallest absolute Gasteiger partial charge is 0.0595 e. The van der Waals surface area contributed by atoms with E-state index in [4.69, 9.17) is 28.9 Å². The SMILES string of the molecule is Nc1cccc2c1ccn2Cc1ccc(Cl)c(Cl)c1. The first-order chi connectivity index (χ1) is 9.15. The second-order valence-electron chi connectivity index (χ2n) is 4.47. The summed E-state index contributed by atoms with van der Waals surface area (Å²) in [6, 6.07) is 13.6. The van der Waals surface area contributed by atoms with Crippen molar-refractivity contribution in [1.29, 1.82) is 0 Å². The number of rotatable bonds is 2. The molecule has 1 heterocycles. The minimum atomic E-state index is 0.576. The van der Waals surface area contributed by atoms with Crippen molar-refractivity contribution in [2.24, 2.45) is 0 Å². The molecule has 0 spiro atoms. The first-order valence-electron chi connectivity index (χ1n) is 5.92. The molecule has 3 aromatic rings. The Labute approximate surface area is 121 Å². The minimum absolute atomic E-state index is 0.576. The number of nitrogens with zero attached hydrogens (tertiary/aromatic N) is 1. The molecule has 2 N–H and O–H groups in total. The van der Waals surface area contributed by atoms with Crippen LogP contribution in [0.15, 0.2) is 48.7 Å². The molecular weight excluding hydrogens is 279 g/mol. The molecule has 0 fully saturated rings. The second-order valence-corrected chi connectivity index (χ2v) is 5.29. The van der Waals surface area contributed by atoms with Crippen molar-refractivity contribution < 1.29 is 0 Å². The zero-order valence-corrected chi connectivity index (χ0v) is 11.6. The van der Waals surface area contributed by atoms with Gasteiger partial charge in [0.15, 0.2) is 0 Å². The van der Waals surface area contributed by atoms with Crippen LogP contribution in [-0.2, 0) is 6.54 Å². The zero-order valence-electron chi connectivity index (χ0n) is 10.1. The van der Waals surface area contributed by atoms with Crippen molar-refractivity contribution in [3.05, 3.63) is 64.3 Å². The minimum Gasteiger partial charge on any atom is -0.398 e. The van der Waals surface area contributed by atoms with Gasteiger partial charge >= 0.3 is 0 Å². The molecule has 0 amide bonds. The van der Waals surface area contributed by atoms with Gasteiger partial charge in [-0.25, -0.2) is 0 Å². The van der Waals surface area contributed by atoms with Crippen LogP contribution in [0.2, 0.25) is 10.0 Å². The van der Waals surface area contributed by atoms with Crippen LogP contribution in [0.1, 0.15) is 5.56 Å². The third kappa shape index (κ3) is 2.29. The maximum atomic E-state index is 6.04. The molecule has 0 saturated heterocycles. The Bertz CT molecular complexity index is 747. The van der Waals surface area contributed by atoms with E-state index < -0.39 is 0 Å². The fourth-order valence-corrected chi connectivity index (χ4v) is 2.54. The average Bonchev–Trinajstić information content (AvgIpc) is 2.79. The van der Waals surface area contributed by atoms with Gasteiger partial charge in [-0.3, -0.25) is 0 Å². The number of nitrogens with two attached hydrogens (primary N) is 1. The second kappa shape index (κ2) is 4.80. The van der Waals surface area contributed by atoms with Gasteiger partial charge in [0.05, 0.1) is 15.6 Å². The molecule has 0 radical (unpaired) electrons. The van der Waals surface area contributed by atoms with E-state index >= 15 is 0 Å². The molecule has 2 aromatic carbocycles. The lowest BCUT2D eigenvalue weighted by molar-refractivity contribution is 0.837. The van der Waals surface area contributed by atoms with Gasteiger partial charge in [0, 0.05) is 23.8 Å². The van der Waals surface area contributed by atoms with E-state index in [0.717, 1.165) is 28.7 Å².